The van der Waals surface area contributed by atoms with Crippen molar-refractivity contribution >= 4 is 148 Å². The van der Waals surface area contributed by atoms with Gasteiger partial charge in [0, 0.05) is 105 Å². The third kappa shape index (κ3) is 11.9. The number of hydrogen-bond donors (Lipinski definition) is 1. The van der Waals surface area contributed by atoms with Crippen molar-refractivity contribution in [2.75, 3.05) is 0 Å². The van der Waals surface area contributed by atoms with Crippen LogP contribution in [0.4, 0.5) is 0 Å². The lowest BCUT2D eigenvalue weighted by Gasteiger charge is -2.13. The number of halogens is 1. The summed E-state index contributed by atoms with van der Waals surface area (Å²) in [5.41, 5.74) is 27.0. The van der Waals surface area contributed by atoms with Crippen molar-refractivity contribution in [3.63, 3.8) is 0 Å². The Morgan fingerprint density at radius 2 is 0.675 bits per heavy atom. The Hall–Kier alpha value is -15.4. The number of aromatic nitrogens is 8. The summed E-state index contributed by atoms with van der Waals surface area (Å²) in [5, 5.41) is 17.2. The minimum absolute atomic E-state index is 0.280. The van der Waals surface area contributed by atoms with Gasteiger partial charge in [0.2, 0.25) is 11.2 Å². The highest BCUT2D eigenvalue weighted by Crippen LogP contribution is 2.46. The molecule has 1 aliphatic carbocycles. The molecule has 6 aromatic heterocycles. The first-order chi connectivity index (χ1) is 58.0. The van der Waals surface area contributed by atoms with Crippen LogP contribution in [0.15, 0.2) is 406 Å². The number of hydrogen-bond acceptors (Lipinski definition) is 4. The van der Waals surface area contributed by atoms with E-state index in [0.717, 1.165) is 77.9 Å². The predicted molar refractivity (Wildman–Crippen MR) is 490 cm³/mol. The summed E-state index contributed by atoms with van der Waals surface area (Å²) in [6.07, 6.45) is 11.5. The molecule has 24 rings (SSSR count). The number of para-hydroxylation sites is 7. The number of fused-ring (bicyclic) bond motifs is 18. The van der Waals surface area contributed by atoms with E-state index in [2.05, 4.69) is 368 Å². The molecule has 1 N–H and O–H groups in total. The minimum Gasteiger partial charge on any atom is -0.354 e. The van der Waals surface area contributed by atoms with E-state index < -0.39 is 0 Å². The Morgan fingerprint density at radius 3 is 1.25 bits per heavy atom. The van der Waals surface area contributed by atoms with Crippen LogP contribution >= 0.6 is 11.6 Å². The average Bonchev–Trinajstić information content (AvgIpc) is 1.55. The highest BCUT2D eigenvalue weighted by Gasteiger charge is 2.24. The quantitative estimate of drug-likeness (QED) is 0.115. The standard InChI is InChI=1S/C54H34N4.C40H25N2.C14H9ClN2/c1-3-15-37(16-4-1)52-45-23-9-12-24-48(45)55-54(56-52)58-50-26-14-10-20-41(50)43-32-31-38(33-51(43)58)35-27-29-36(30-28-35)46-34-47-42-21-11-13-25-49(42)57(39-17-5-2-6-18-39)53(47)44-22-8-7-19-40(44)46;1-2-10-29(11-3-1)42-39-17-9-7-14-33(39)36-25-35(30-12-4-5-15-34(30)40(36)42)27-20-18-26(19-21-27)28-22-23-32-31-13-6-8-16-37(31)41-38(32)24-28;15-14-16-12-9-5-4-8-11(12)13(17-14)10-6-2-1-3-7-10/h1-34H;1-2,4-25,41H;1-9H/q;+1;. The van der Waals surface area contributed by atoms with Gasteiger partial charge in [0.25, 0.3) is 0 Å². The van der Waals surface area contributed by atoms with E-state index in [1.807, 2.05) is 72.8 Å². The van der Waals surface area contributed by atoms with Crippen LogP contribution in [0.5, 0.6) is 0 Å². The normalized spacial score (nSPS) is 12.1. The van der Waals surface area contributed by atoms with Gasteiger partial charge in [-0.05, 0) is 140 Å². The monoisotopic (exact) mass is 1510 g/mol. The third-order valence-electron chi connectivity index (χ3n) is 23.0. The molecule has 9 heteroatoms. The molecule has 0 saturated carbocycles. The second-order valence-corrected chi connectivity index (χ2v) is 30.0. The van der Waals surface area contributed by atoms with Gasteiger partial charge in [0.1, 0.15) is 12.2 Å². The Labute approximate surface area is 678 Å². The third-order valence-corrected chi connectivity index (χ3v) is 23.2. The summed E-state index contributed by atoms with van der Waals surface area (Å²) < 4.78 is 7.03. The van der Waals surface area contributed by atoms with Gasteiger partial charge in [-0.2, -0.15) is 0 Å². The Balaban J connectivity index is 0.000000122. The Kier molecular flexibility index (Phi) is 16.7. The van der Waals surface area contributed by atoms with Crippen LogP contribution in [0.3, 0.4) is 0 Å². The highest BCUT2D eigenvalue weighted by atomic mass is 35.5. The van der Waals surface area contributed by atoms with Gasteiger partial charge in [-0.15, -0.1) is 0 Å². The molecular weight excluding hydrogens is 1440 g/mol. The van der Waals surface area contributed by atoms with Gasteiger partial charge in [-0.25, -0.2) is 19.9 Å². The Bertz CT molecular complexity index is 7990. The molecule has 546 valence electrons. The van der Waals surface area contributed by atoms with Crippen LogP contribution in [0.2, 0.25) is 5.28 Å². The lowest BCUT2D eigenvalue weighted by Crippen LogP contribution is -2.03. The highest BCUT2D eigenvalue weighted by molar-refractivity contribution is 6.29. The van der Waals surface area contributed by atoms with Gasteiger partial charge >= 0.3 is 0 Å². The number of H-pyrrole nitrogens is 1. The van der Waals surface area contributed by atoms with Crippen LogP contribution in [0, 0.1) is 6.08 Å². The van der Waals surface area contributed by atoms with Crippen molar-refractivity contribution in [1.29, 1.82) is 0 Å². The molecule has 8 nitrogen and oxygen atoms in total. The molecule has 0 radical (unpaired) electrons. The lowest BCUT2D eigenvalue weighted by atomic mass is 9.93. The molecule has 0 atom stereocenters. The topological polar surface area (TPSA) is 82.1 Å². The number of rotatable bonds is 9. The molecule has 117 heavy (non-hydrogen) atoms. The van der Waals surface area contributed by atoms with Gasteiger partial charge in [-0.1, -0.05) is 309 Å². The van der Waals surface area contributed by atoms with Crippen molar-refractivity contribution < 1.29 is 0 Å². The minimum atomic E-state index is 0.280. The number of aromatic amines is 1. The maximum absolute atomic E-state index is 5.95. The fourth-order valence-corrected chi connectivity index (χ4v) is 17.9. The molecule has 0 aliphatic heterocycles. The van der Waals surface area contributed by atoms with E-state index in [0.29, 0.717) is 5.95 Å². The SMILES string of the molecule is Clc1nc(-c2ccccc2)c2ccccc2n1.[C+]1=CC(n2c3ccccc3c3cc(-c4ccc(-c5ccc6c(c5)[nH]c5ccccc56)cc4)c4ccccc4c32)=CC=C1.c1ccc(-c2nc(-n3c4ccccc4c4ccc(-c5ccc(-c6cc7c8ccccc8n(-c8ccccc8)c7c7ccccc67)cc5)cc43)nc3ccccc23)cc1. The van der Waals surface area contributed by atoms with Gasteiger partial charge in [0.05, 0.1) is 61.6 Å². The number of nitrogens with zero attached hydrogens (tertiary/aromatic N) is 7. The van der Waals surface area contributed by atoms with E-state index in [-0.39, 0.29) is 5.28 Å². The van der Waals surface area contributed by atoms with E-state index >= 15 is 0 Å². The fraction of sp³-hybridized carbons (Fsp3) is 0. The van der Waals surface area contributed by atoms with Crippen LogP contribution in [0.25, 0.3) is 215 Å². The molecule has 17 aromatic carbocycles. The zero-order valence-corrected chi connectivity index (χ0v) is 63.9. The molecule has 1 aliphatic rings. The van der Waals surface area contributed by atoms with Crippen LogP contribution in [-0.2, 0) is 0 Å². The van der Waals surface area contributed by atoms with Crippen LogP contribution < -0.4 is 0 Å². The first-order valence-electron chi connectivity index (χ1n) is 39.4. The maximum atomic E-state index is 5.95. The lowest BCUT2D eigenvalue weighted by molar-refractivity contribution is 1.01. The van der Waals surface area contributed by atoms with E-state index in [1.165, 1.54) is 131 Å². The van der Waals surface area contributed by atoms with Gasteiger partial charge < -0.3 is 9.55 Å². The summed E-state index contributed by atoms with van der Waals surface area (Å²) in [6, 6.07) is 136. The predicted octanol–water partition coefficient (Wildman–Crippen LogP) is 28.6. The first-order valence-corrected chi connectivity index (χ1v) is 39.8. The molecule has 6 heterocycles. The molecular formula is C108H68ClN8+. The molecule has 0 saturated heterocycles. The van der Waals surface area contributed by atoms with E-state index in [9.17, 15) is 0 Å². The second-order valence-electron chi connectivity index (χ2n) is 29.7. The van der Waals surface area contributed by atoms with E-state index in [1.54, 1.807) is 0 Å². The fourth-order valence-electron chi connectivity index (χ4n) is 17.7. The van der Waals surface area contributed by atoms with Crippen molar-refractivity contribution in [3.8, 4) is 78.7 Å². The molecule has 0 spiro atoms. The van der Waals surface area contributed by atoms with Crippen LogP contribution in [0.1, 0.15) is 0 Å². The second kappa shape index (κ2) is 28.6. The smallest absolute Gasteiger partial charge is 0.235 e. The summed E-state index contributed by atoms with van der Waals surface area (Å²) in [4.78, 5) is 22.6. The van der Waals surface area contributed by atoms with E-state index in [4.69, 9.17) is 21.6 Å². The maximum Gasteiger partial charge on any atom is 0.235 e. The number of benzene rings is 17. The molecule has 0 fully saturated rings. The summed E-state index contributed by atoms with van der Waals surface area (Å²) >= 11 is 5.95. The van der Waals surface area contributed by atoms with Gasteiger partial charge in [-0.3, -0.25) is 9.13 Å². The van der Waals surface area contributed by atoms with Crippen LogP contribution in [-0.4, -0.2) is 38.6 Å². The van der Waals surface area contributed by atoms with Gasteiger partial charge in [0.15, 0.2) is 5.70 Å². The zero-order chi connectivity index (χ0) is 77.4. The van der Waals surface area contributed by atoms with Crippen molar-refractivity contribution in [2.24, 2.45) is 0 Å². The number of nitrogens with one attached hydrogen (secondary N) is 1. The average molecular weight is 1510 g/mol. The van der Waals surface area contributed by atoms with Crippen molar-refractivity contribution in [1.82, 2.24) is 38.6 Å². The Morgan fingerprint density at radius 1 is 0.265 bits per heavy atom. The summed E-state index contributed by atoms with van der Waals surface area (Å²) in [7, 11) is 0. The summed E-state index contributed by atoms with van der Waals surface area (Å²) in [6.45, 7) is 0. The number of allylic oxidation sites excluding steroid dienone is 6. The zero-order valence-electron chi connectivity index (χ0n) is 63.2. The molecule has 23 aromatic rings. The summed E-state index contributed by atoms with van der Waals surface area (Å²) in [5.74, 6) is 0.659. The molecule has 0 amide bonds. The largest absolute Gasteiger partial charge is 0.354 e. The molecule has 0 unspecified atom stereocenters. The van der Waals surface area contributed by atoms with Crippen molar-refractivity contribution in [2.45, 2.75) is 0 Å². The first kappa shape index (κ1) is 68.4. The molecule has 0 bridgehead atoms. The van der Waals surface area contributed by atoms with Crippen molar-refractivity contribution in [3.05, 3.63) is 418 Å².